The zero-order valence-corrected chi connectivity index (χ0v) is 18.5. The zero-order valence-electron chi connectivity index (χ0n) is 17.0. The maximum Gasteiger partial charge on any atom is 0.238 e. The molecule has 0 amide bonds. The summed E-state index contributed by atoms with van der Waals surface area (Å²) in [6.07, 6.45) is 6.93. The van der Waals surface area contributed by atoms with Gasteiger partial charge in [-0.1, -0.05) is 82.5 Å². The lowest BCUT2D eigenvalue weighted by Gasteiger charge is -2.06. The van der Waals surface area contributed by atoms with Crippen LogP contribution in [0.4, 0.5) is 5.88 Å². The molecule has 32 heavy (non-hydrogen) atoms. The Balaban J connectivity index is 1.85. The number of halogens is 1. The molecule has 4 rings (SSSR count). The third-order valence-corrected chi connectivity index (χ3v) is 5.20. The van der Waals surface area contributed by atoms with E-state index in [0.717, 1.165) is 15.6 Å². The molecule has 154 valence electrons. The topological polar surface area (TPSA) is 58.5 Å². The number of ether oxygens (including phenoxy) is 1. The average Bonchev–Trinajstić information content (AvgIpc) is 3.22. The first kappa shape index (κ1) is 21.2. The summed E-state index contributed by atoms with van der Waals surface area (Å²) < 4.78 is 12.6. The van der Waals surface area contributed by atoms with E-state index in [-0.39, 0.29) is 12.5 Å². The Labute approximate surface area is 194 Å². The summed E-state index contributed by atoms with van der Waals surface area (Å²) in [5.74, 6) is 3.87. The van der Waals surface area contributed by atoms with E-state index >= 15 is 0 Å². The number of terminal acetylenes is 1. The second kappa shape index (κ2) is 9.83. The Morgan fingerprint density at radius 1 is 1.00 bits per heavy atom. The number of benzene rings is 3. The maximum atomic E-state index is 9.99. The van der Waals surface area contributed by atoms with Crippen molar-refractivity contribution < 1.29 is 9.15 Å². The zero-order chi connectivity index (χ0) is 22.3. The normalized spacial score (nSPS) is 10.6. The van der Waals surface area contributed by atoms with Crippen molar-refractivity contribution in [3.8, 4) is 46.6 Å². The van der Waals surface area contributed by atoms with Gasteiger partial charge in [0, 0.05) is 27.4 Å². The van der Waals surface area contributed by atoms with Crippen LogP contribution in [0.5, 0.6) is 5.75 Å². The molecule has 0 fully saturated rings. The van der Waals surface area contributed by atoms with Crippen LogP contribution in [0, 0.1) is 23.7 Å². The Kier molecular flexibility index (Phi) is 6.51. The van der Waals surface area contributed by atoms with Crippen molar-refractivity contribution in [2.24, 2.45) is 4.99 Å². The van der Waals surface area contributed by atoms with Crippen molar-refractivity contribution in [3.05, 3.63) is 94.5 Å². The number of hydrogen-bond acceptors (Lipinski definition) is 4. The number of nitrogens with zero attached hydrogens (tertiary/aromatic N) is 2. The monoisotopic (exact) mass is 480 g/mol. The van der Waals surface area contributed by atoms with Crippen LogP contribution in [-0.4, -0.2) is 12.8 Å². The van der Waals surface area contributed by atoms with E-state index in [1.807, 2.05) is 72.8 Å². The van der Waals surface area contributed by atoms with Gasteiger partial charge in [-0.15, -0.1) is 6.42 Å². The van der Waals surface area contributed by atoms with Gasteiger partial charge in [0.25, 0.3) is 0 Å². The van der Waals surface area contributed by atoms with Crippen molar-refractivity contribution in [1.82, 2.24) is 0 Å². The number of rotatable bonds is 6. The summed E-state index contributed by atoms with van der Waals surface area (Å²) in [5.41, 5.74) is 3.53. The molecular formula is C27H17BrN2O2. The first-order valence-electron chi connectivity index (χ1n) is 9.79. The van der Waals surface area contributed by atoms with Crippen LogP contribution in [0.25, 0.3) is 22.5 Å². The molecule has 0 N–H and O–H groups in total. The van der Waals surface area contributed by atoms with E-state index in [9.17, 15) is 5.26 Å². The molecule has 0 aliphatic heterocycles. The molecule has 1 heterocycles. The Hall–Kier alpha value is -4.06. The largest absolute Gasteiger partial charge is 0.480 e. The molecule has 0 radical (unpaired) electrons. The highest BCUT2D eigenvalue weighted by atomic mass is 79.9. The van der Waals surface area contributed by atoms with Crippen molar-refractivity contribution in [2.75, 3.05) is 6.61 Å². The second-order valence-corrected chi connectivity index (χ2v) is 7.68. The van der Waals surface area contributed by atoms with Crippen LogP contribution in [0.1, 0.15) is 11.1 Å². The van der Waals surface area contributed by atoms with E-state index in [0.29, 0.717) is 28.2 Å². The van der Waals surface area contributed by atoms with Gasteiger partial charge in [-0.2, -0.15) is 5.26 Å². The van der Waals surface area contributed by atoms with Crippen LogP contribution in [0.2, 0.25) is 0 Å². The van der Waals surface area contributed by atoms with Gasteiger partial charge in [0.15, 0.2) is 0 Å². The molecular weight excluding hydrogens is 464 g/mol. The standard InChI is InChI=1S/C27H17BrN2O2/c1-2-15-31-24-14-13-22(28)16-21(24)18-30-27-23(17-29)25(19-9-5-3-6-10-19)26(32-27)20-11-7-4-8-12-20/h1,3-14,16,18H,15H2. The molecule has 0 atom stereocenters. The summed E-state index contributed by atoms with van der Waals surface area (Å²) in [4.78, 5) is 4.52. The summed E-state index contributed by atoms with van der Waals surface area (Å²) in [6.45, 7) is 0.142. The van der Waals surface area contributed by atoms with Gasteiger partial charge < -0.3 is 9.15 Å². The van der Waals surface area contributed by atoms with Gasteiger partial charge in [0.05, 0.1) is 0 Å². The van der Waals surface area contributed by atoms with E-state index in [1.165, 1.54) is 0 Å². The fourth-order valence-corrected chi connectivity index (χ4v) is 3.66. The van der Waals surface area contributed by atoms with Crippen molar-refractivity contribution in [2.45, 2.75) is 0 Å². The molecule has 5 heteroatoms. The van der Waals surface area contributed by atoms with Gasteiger partial charge in [-0.3, -0.25) is 0 Å². The highest BCUT2D eigenvalue weighted by Crippen LogP contribution is 2.42. The smallest absolute Gasteiger partial charge is 0.238 e. The van der Waals surface area contributed by atoms with E-state index in [1.54, 1.807) is 12.3 Å². The van der Waals surface area contributed by atoms with Crippen molar-refractivity contribution >= 4 is 28.0 Å². The molecule has 1 aromatic heterocycles. The Morgan fingerprint density at radius 3 is 2.34 bits per heavy atom. The quantitative estimate of drug-likeness (QED) is 0.220. The third kappa shape index (κ3) is 4.49. The van der Waals surface area contributed by atoms with E-state index in [4.69, 9.17) is 15.6 Å². The molecule has 0 bridgehead atoms. The fraction of sp³-hybridized carbons (Fsp3) is 0.0370. The molecule has 0 saturated heterocycles. The lowest BCUT2D eigenvalue weighted by atomic mass is 9.98. The van der Waals surface area contributed by atoms with Crippen molar-refractivity contribution in [3.63, 3.8) is 0 Å². The minimum Gasteiger partial charge on any atom is -0.480 e. The molecule has 4 nitrogen and oxygen atoms in total. The number of furan rings is 1. The van der Waals surface area contributed by atoms with E-state index in [2.05, 4.69) is 32.9 Å². The predicted octanol–water partition coefficient (Wildman–Crippen LogP) is 7.01. The van der Waals surface area contributed by atoms with Gasteiger partial charge in [0.1, 0.15) is 29.7 Å². The molecule has 0 spiro atoms. The average molecular weight is 481 g/mol. The van der Waals surface area contributed by atoms with Gasteiger partial charge in [-0.05, 0) is 23.8 Å². The number of aliphatic imine (C=N–C) groups is 1. The Bertz CT molecular complexity index is 1340. The number of nitriles is 1. The summed E-state index contributed by atoms with van der Waals surface area (Å²) in [6, 6.07) is 27.2. The molecule has 0 aliphatic carbocycles. The minimum atomic E-state index is 0.142. The highest BCUT2D eigenvalue weighted by Gasteiger charge is 2.22. The molecule has 3 aromatic carbocycles. The first-order valence-corrected chi connectivity index (χ1v) is 10.6. The molecule has 0 unspecified atom stereocenters. The minimum absolute atomic E-state index is 0.142. The van der Waals surface area contributed by atoms with Crippen LogP contribution >= 0.6 is 15.9 Å². The highest BCUT2D eigenvalue weighted by molar-refractivity contribution is 9.10. The number of hydrogen-bond donors (Lipinski definition) is 0. The third-order valence-electron chi connectivity index (χ3n) is 4.70. The predicted molar refractivity (Wildman–Crippen MR) is 130 cm³/mol. The lowest BCUT2D eigenvalue weighted by molar-refractivity contribution is 0.370. The van der Waals surface area contributed by atoms with E-state index < -0.39 is 0 Å². The SMILES string of the molecule is C#CCOc1ccc(Br)cc1C=Nc1oc(-c2ccccc2)c(-c2ccccc2)c1C#N. The van der Waals surface area contributed by atoms with Gasteiger partial charge in [-0.25, -0.2) is 4.99 Å². The lowest BCUT2D eigenvalue weighted by Crippen LogP contribution is -1.97. The Morgan fingerprint density at radius 2 is 1.69 bits per heavy atom. The van der Waals surface area contributed by atoms with Crippen LogP contribution in [-0.2, 0) is 0 Å². The second-order valence-electron chi connectivity index (χ2n) is 6.76. The van der Waals surface area contributed by atoms with Crippen LogP contribution in [0.15, 0.2) is 92.7 Å². The summed E-state index contributed by atoms with van der Waals surface area (Å²) in [5, 5.41) is 9.99. The maximum absolute atomic E-state index is 9.99. The molecule has 0 saturated carbocycles. The molecule has 0 aliphatic rings. The summed E-state index contributed by atoms with van der Waals surface area (Å²) in [7, 11) is 0. The van der Waals surface area contributed by atoms with Crippen LogP contribution < -0.4 is 4.74 Å². The summed E-state index contributed by atoms with van der Waals surface area (Å²) >= 11 is 3.46. The molecule has 4 aromatic rings. The van der Waals surface area contributed by atoms with Crippen molar-refractivity contribution in [1.29, 1.82) is 5.26 Å². The first-order chi connectivity index (χ1) is 15.7. The van der Waals surface area contributed by atoms with Crippen LogP contribution in [0.3, 0.4) is 0 Å². The van der Waals surface area contributed by atoms with Gasteiger partial charge >= 0.3 is 0 Å². The van der Waals surface area contributed by atoms with Gasteiger partial charge in [0.2, 0.25) is 5.88 Å². The fourth-order valence-electron chi connectivity index (χ4n) is 3.29.